The van der Waals surface area contributed by atoms with E-state index in [1.165, 1.54) is 21.5 Å². The standard InChI is InChI=1S/C39H23N5OS/c45-41-38-37(24-17-19-25(20-18-24)42-31-13-5-1-9-27(31)28-10-2-6-14-32(28)42)40-39-44(38)35-22-21-26(23-36(35)46-39)43-33-15-7-3-11-29(33)30-12-4-8-16-34(30)43/h1-23H. The highest BCUT2D eigenvalue weighted by atomic mass is 32.1. The molecular weight excluding hydrogens is 587 g/mol. The summed E-state index contributed by atoms with van der Waals surface area (Å²) < 4.78 is 7.51. The molecule has 0 spiro atoms. The largest absolute Gasteiger partial charge is 0.309 e. The average Bonchev–Trinajstić information content (AvgIpc) is 3.84. The predicted molar refractivity (Wildman–Crippen MR) is 190 cm³/mol. The Morgan fingerprint density at radius 3 is 1.52 bits per heavy atom. The number of aromatic nitrogens is 4. The summed E-state index contributed by atoms with van der Waals surface area (Å²) in [5.74, 6) is 0.315. The number of rotatable bonds is 4. The minimum Gasteiger partial charge on any atom is -0.309 e. The highest BCUT2D eigenvalue weighted by Crippen LogP contribution is 2.40. The first-order valence-corrected chi connectivity index (χ1v) is 16.0. The van der Waals surface area contributed by atoms with Gasteiger partial charge in [0.05, 0.1) is 32.3 Å². The van der Waals surface area contributed by atoms with E-state index in [0.29, 0.717) is 11.5 Å². The molecule has 0 aliphatic rings. The highest BCUT2D eigenvalue weighted by molar-refractivity contribution is 7.23. The third-order valence-corrected chi connectivity index (χ3v) is 10.1. The van der Waals surface area contributed by atoms with Crippen LogP contribution in [0.1, 0.15) is 0 Å². The van der Waals surface area contributed by atoms with Crippen LogP contribution in [0.4, 0.5) is 5.82 Å². The van der Waals surface area contributed by atoms with Crippen molar-refractivity contribution in [2.24, 2.45) is 5.18 Å². The van der Waals surface area contributed by atoms with E-state index < -0.39 is 0 Å². The second kappa shape index (κ2) is 9.47. The Kier molecular flexibility index (Phi) is 5.21. The number of hydrogen-bond donors (Lipinski definition) is 0. The lowest BCUT2D eigenvalue weighted by molar-refractivity contribution is 1.18. The van der Waals surface area contributed by atoms with Crippen LogP contribution in [0.2, 0.25) is 0 Å². The van der Waals surface area contributed by atoms with E-state index in [-0.39, 0.29) is 0 Å². The molecule has 0 amide bonds. The van der Waals surface area contributed by atoms with E-state index in [1.54, 1.807) is 11.3 Å². The molecular formula is C39H23N5OS. The normalized spacial score (nSPS) is 12.0. The summed E-state index contributed by atoms with van der Waals surface area (Å²) in [6, 6.07) is 48.5. The van der Waals surface area contributed by atoms with Gasteiger partial charge < -0.3 is 9.13 Å². The quantitative estimate of drug-likeness (QED) is 0.186. The Bertz CT molecular complexity index is 2730. The maximum absolute atomic E-state index is 12.4. The van der Waals surface area contributed by atoms with Crippen molar-refractivity contribution in [3.05, 3.63) is 144 Å². The zero-order valence-corrected chi connectivity index (χ0v) is 25.1. The van der Waals surface area contributed by atoms with Gasteiger partial charge in [-0.25, -0.2) is 4.98 Å². The first-order chi connectivity index (χ1) is 22.8. The molecule has 0 radical (unpaired) electrons. The van der Waals surface area contributed by atoms with E-state index >= 15 is 0 Å². The number of thiazole rings is 1. The van der Waals surface area contributed by atoms with Crippen molar-refractivity contribution in [3.63, 3.8) is 0 Å². The van der Waals surface area contributed by atoms with Crippen molar-refractivity contribution in [2.45, 2.75) is 0 Å². The molecule has 0 aliphatic carbocycles. The molecule has 0 aliphatic heterocycles. The average molecular weight is 610 g/mol. The van der Waals surface area contributed by atoms with Crippen LogP contribution in [0.25, 0.3) is 81.4 Å². The Morgan fingerprint density at radius 1 is 0.522 bits per heavy atom. The summed E-state index contributed by atoms with van der Waals surface area (Å²) in [5.41, 5.74) is 9.09. The van der Waals surface area contributed by atoms with Crippen LogP contribution in [-0.4, -0.2) is 18.5 Å². The predicted octanol–water partition coefficient (Wildman–Crippen LogP) is 10.8. The van der Waals surface area contributed by atoms with Gasteiger partial charge in [0.15, 0.2) is 4.96 Å². The first-order valence-electron chi connectivity index (χ1n) is 15.1. The summed E-state index contributed by atoms with van der Waals surface area (Å²) in [6.45, 7) is 0. The fourth-order valence-corrected chi connectivity index (χ4v) is 8.19. The number of hydrogen-bond acceptors (Lipinski definition) is 4. The molecule has 6 nitrogen and oxygen atoms in total. The maximum atomic E-state index is 12.4. The number of benzene rings is 6. The molecule has 0 fully saturated rings. The Hall–Kier alpha value is -6.05. The number of nitrogens with zero attached hydrogens (tertiary/aromatic N) is 5. The van der Waals surface area contributed by atoms with Gasteiger partial charge in [0.2, 0.25) is 5.82 Å². The van der Waals surface area contributed by atoms with E-state index in [1.807, 2.05) is 16.5 Å². The maximum Gasteiger partial charge on any atom is 0.210 e. The molecule has 0 atom stereocenters. The summed E-state index contributed by atoms with van der Waals surface area (Å²) in [5, 5.41) is 8.40. The van der Waals surface area contributed by atoms with E-state index in [4.69, 9.17) is 4.98 Å². The lowest BCUT2D eigenvalue weighted by Gasteiger charge is -2.09. The fraction of sp³-hybridized carbons (Fsp3) is 0. The summed E-state index contributed by atoms with van der Waals surface area (Å²) in [4.78, 5) is 18.1. The van der Waals surface area contributed by atoms with Gasteiger partial charge in [-0.1, -0.05) is 96.3 Å². The van der Waals surface area contributed by atoms with Gasteiger partial charge in [0.1, 0.15) is 5.69 Å². The molecule has 4 aromatic heterocycles. The Balaban J connectivity index is 1.09. The van der Waals surface area contributed by atoms with Crippen molar-refractivity contribution in [3.8, 4) is 22.6 Å². The highest BCUT2D eigenvalue weighted by Gasteiger charge is 2.21. The van der Waals surface area contributed by atoms with E-state index in [2.05, 4.69) is 142 Å². The first kappa shape index (κ1) is 25.3. The Labute approximate surface area is 266 Å². The molecule has 4 heterocycles. The number of nitroso groups, excluding NO2 is 1. The van der Waals surface area contributed by atoms with Crippen LogP contribution in [0.5, 0.6) is 0 Å². The van der Waals surface area contributed by atoms with Gasteiger partial charge in [-0.05, 0) is 59.8 Å². The molecule has 46 heavy (non-hydrogen) atoms. The van der Waals surface area contributed by atoms with Crippen LogP contribution in [0.3, 0.4) is 0 Å². The molecule has 0 bridgehead atoms. The van der Waals surface area contributed by atoms with Crippen molar-refractivity contribution >= 4 is 75.9 Å². The third-order valence-electron chi connectivity index (χ3n) is 9.11. The molecule has 216 valence electrons. The minimum absolute atomic E-state index is 0.315. The van der Waals surface area contributed by atoms with Crippen LogP contribution >= 0.6 is 11.3 Å². The molecule has 0 unspecified atom stereocenters. The number of para-hydroxylation sites is 4. The van der Waals surface area contributed by atoms with Crippen LogP contribution < -0.4 is 0 Å². The third kappa shape index (κ3) is 3.43. The van der Waals surface area contributed by atoms with E-state index in [9.17, 15) is 4.91 Å². The molecule has 6 aromatic carbocycles. The van der Waals surface area contributed by atoms with Crippen molar-refractivity contribution in [2.75, 3.05) is 0 Å². The van der Waals surface area contributed by atoms with Gasteiger partial charge in [-0.3, -0.25) is 4.40 Å². The lowest BCUT2D eigenvalue weighted by Crippen LogP contribution is -1.94. The van der Waals surface area contributed by atoms with Gasteiger partial charge in [-0.15, -0.1) is 4.91 Å². The van der Waals surface area contributed by atoms with Gasteiger partial charge in [0, 0.05) is 38.5 Å². The van der Waals surface area contributed by atoms with Crippen molar-refractivity contribution in [1.82, 2.24) is 18.5 Å². The zero-order chi connectivity index (χ0) is 30.4. The molecule has 7 heteroatoms. The second-order valence-corrected chi connectivity index (χ2v) is 12.5. The van der Waals surface area contributed by atoms with Crippen molar-refractivity contribution < 1.29 is 0 Å². The summed E-state index contributed by atoms with van der Waals surface area (Å²) in [6.07, 6.45) is 0. The molecule has 0 N–H and O–H groups in total. The molecule has 10 aromatic rings. The van der Waals surface area contributed by atoms with Crippen LogP contribution in [-0.2, 0) is 0 Å². The Morgan fingerprint density at radius 2 is 1.00 bits per heavy atom. The van der Waals surface area contributed by atoms with Crippen molar-refractivity contribution in [1.29, 1.82) is 0 Å². The molecule has 10 rings (SSSR count). The number of imidazole rings is 1. The summed E-state index contributed by atoms with van der Waals surface area (Å²) >= 11 is 1.57. The molecule has 0 saturated carbocycles. The van der Waals surface area contributed by atoms with Crippen LogP contribution in [0.15, 0.2) is 145 Å². The smallest absolute Gasteiger partial charge is 0.210 e. The van der Waals surface area contributed by atoms with Gasteiger partial charge in [-0.2, -0.15) is 0 Å². The van der Waals surface area contributed by atoms with Gasteiger partial charge >= 0.3 is 0 Å². The summed E-state index contributed by atoms with van der Waals surface area (Å²) in [7, 11) is 0. The fourth-order valence-electron chi connectivity index (χ4n) is 7.13. The zero-order valence-electron chi connectivity index (χ0n) is 24.3. The SMILES string of the molecule is O=Nc1c(-c2ccc(-n3c4ccccc4c4ccccc43)cc2)nc2sc3cc(-n4c5ccccc5c5ccccc54)ccc3n12. The topological polar surface area (TPSA) is 56.6 Å². The molecule has 0 saturated heterocycles. The minimum atomic E-state index is 0.315. The van der Waals surface area contributed by atoms with Gasteiger partial charge in [0.25, 0.3) is 0 Å². The van der Waals surface area contributed by atoms with Crippen LogP contribution in [0, 0.1) is 4.91 Å². The monoisotopic (exact) mass is 609 g/mol. The lowest BCUT2D eigenvalue weighted by atomic mass is 10.1. The second-order valence-electron chi connectivity index (χ2n) is 11.5. The number of fused-ring (bicyclic) bond motifs is 9. The van der Waals surface area contributed by atoms with E-state index in [0.717, 1.165) is 54.2 Å².